The number of carbonyl (C=O) groups excluding carboxylic acids is 1. The first-order valence-electron chi connectivity index (χ1n) is 6.03. The summed E-state index contributed by atoms with van der Waals surface area (Å²) in [6.07, 6.45) is 13.3. The zero-order chi connectivity index (χ0) is 11.4. The highest BCUT2D eigenvalue weighted by Gasteiger charge is 1.97. The number of carbonyl (C=O) groups is 1. The molecule has 0 rings (SSSR count). The van der Waals surface area contributed by atoms with Gasteiger partial charge in [-0.2, -0.15) is 0 Å². The van der Waals surface area contributed by atoms with Crippen molar-refractivity contribution in [1.29, 1.82) is 0 Å². The molecule has 0 unspecified atom stereocenters. The van der Waals surface area contributed by atoms with Crippen LogP contribution in [0.3, 0.4) is 0 Å². The monoisotopic (exact) mass is 212 g/mol. The lowest BCUT2D eigenvalue weighted by Crippen LogP contribution is -1.98. The summed E-state index contributed by atoms with van der Waals surface area (Å²) in [5.74, 6) is -0.0954. The van der Waals surface area contributed by atoms with Crippen molar-refractivity contribution in [1.82, 2.24) is 0 Å². The lowest BCUT2D eigenvalue weighted by Gasteiger charge is -1.97. The summed E-state index contributed by atoms with van der Waals surface area (Å²) in [4.78, 5) is 10.8. The SMILES string of the molecule is CCCCCC=CCCCCC(=O)OC. The molecule has 0 atom stereocenters. The third-order valence-electron chi connectivity index (χ3n) is 2.37. The number of esters is 1. The van der Waals surface area contributed by atoms with Crippen LogP contribution in [0.15, 0.2) is 12.2 Å². The number of allylic oxidation sites excluding steroid dienone is 2. The molecule has 2 nitrogen and oxygen atoms in total. The normalized spacial score (nSPS) is 10.8. The first-order valence-corrected chi connectivity index (χ1v) is 6.03. The van der Waals surface area contributed by atoms with E-state index in [2.05, 4.69) is 23.8 Å². The number of hydrogen-bond donors (Lipinski definition) is 0. The fraction of sp³-hybridized carbons (Fsp3) is 0.769. The number of ether oxygens (including phenoxy) is 1. The molecule has 0 aromatic heterocycles. The van der Waals surface area contributed by atoms with E-state index in [1.807, 2.05) is 0 Å². The average Bonchev–Trinajstić information content (AvgIpc) is 2.26. The molecule has 0 aliphatic carbocycles. The first kappa shape index (κ1) is 14.2. The second kappa shape index (κ2) is 11.3. The number of rotatable bonds is 9. The van der Waals surface area contributed by atoms with E-state index in [4.69, 9.17) is 0 Å². The summed E-state index contributed by atoms with van der Waals surface area (Å²) >= 11 is 0. The average molecular weight is 212 g/mol. The Labute approximate surface area is 93.7 Å². The van der Waals surface area contributed by atoms with Gasteiger partial charge in [0.25, 0.3) is 0 Å². The molecule has 88 valence electrons. The van der Waals surface area contributed by atoms with Gasteiger partial charge in [-0.15, -0.1) is 0 Å². The largest absolute Gasteiger partial charge is 0.469 e. The van der Waals surface area contributed by atoms with Gasteiger partial charge in [-0.1, -0.05) is 31.9 Å². The maximum atomic E-state index is 10.8. The van der Waals surface area contributed by atoms with Crippen LogP contribution in [0.25, 0.3) is 0 Å². The fourth-order valence-corrected chi connectivity index (χ4v) is 1.38. The second-order valence-corrected chi connectivity index (χ2v) is 3.79. The molecule has 0 bridgehead atoms. The summed E-state index contributed by atoms with van der Waals surface area (Å²) < 4.78 is 4.57. The van der Waals surface area contributed by atoms with Crippen LogP contribution >= 0.6 is 0 Å². The van der Waals surface area contributed by atoms with Gasteiger partial charge < -0.3 is 4.74 Å². The van der Waals surface area contributed by atoms with Crippen LogP contribution in [-0.2, 0) is 9.53 Å². The maximum Gasteiger partial charge on any atom is 0.305 e. The Bertz CT molecular complexity index is 173. The van der Waals surface area contributed by atoms with Crippen molar-refractivity contribution in [2.24, 2.45) is 0 Å². The van der Waals surface area contributed by atoms with Crippen LogP contribution in [0.4, 0.5) is 0 Å². The Kier molecular flexibility index (Phi) is 10.7. The molecule has 0 spiro atoms. The van der Waals surface area contributed by atoms with Crippen LogP contribution in [0.2, 0.25) is 0 Å². The Balaban J connectivity index is 3.13. The smallest absolute Gasteiger partial charge is 0.305 e. The van der Waals surface area contributed by atoms with E-state index < -0.39 is 0 Å². The van der Waals surface area contributed by atoms with Crippen molar-refractivity contribution < 1.29 is 9.53 Å². The minimum atomic E-state index is -0.0954. The predicted octanol–water partition coefficient (Wildman–Crippen LogP) is 3.86. The molecule has 2 heteroatoms. The highest BCUT2D eigenvalue weighted by molar-refractivity contribution is 5.68. The molecule has 0 aliphatic heterocycles. The molecule has 0 fully saturated rings. The van der Waals surface area contributed by atoms with Gasteiger partial charge in [0.15, 0.2) is 0 Å². The van der Waals surface area contributed by atoms with Gasteiger partial charge >= 0.3 is 5.97 Å². The Hall–Kier alpha value is -0.790. The first-order chi connectivity index (χ1) is 7.31. The van der Waals surface area contributed by atoms with E-state index in [1.165, 1.54) is 32.8 Å². The molecule has 0 saturated heterocycles. The molecule has 0 aliphatic rings. The third-order valence-corrected chi connectivity index (χ3v) is 2.37. The Morgan fingerprint density at radius 1 is 1.07 bits per heavy atom. The maximum absolute atomic E-state index is 10.8. The van der Waals surface area contributed by atoms with Gasteiger partial charge in [0, 0.05) is 6.42 Å². The zero-order valence-electron chi connectivity index (χ0n) is 10.1. The van der Waals surface area contributed by atoms with Crippen LogP contribution in [0, 0.1) is 0 Å². The highest BCUT2D eigenvalue weighted by Crippen LogP contribution is 2.04. The van der Waals surface area contributed by atoms with Crippen molar-refractivity contribution >= 4 is 5.97 Å². The molecule has 0 amide bonds. The molecule has 0 aromatic rings. The summed E-state index contributed by atoms with van der Waals surface area (Å²) in [7, 11) is 1.44. The molecule has 0 saturated carbocycles. The molecule has 15 heavy (non-hydrogen) atoms. The minimum absolute atomic E-state index is 0.0954. The van der Waals surface area contributed by atoms with E-state index in [-0.39, 0.29) is 5.97 Å². The van der Waals surface area contributed by atoms with Crippen molar-refractivity contribution in [3.05, 3.63) is 12.2 Å². The van der Waals surface area contributed by atoms with Crippen LogP contribution < -0.4 is 0 Å². The van der Waals surface area contributed by atoms with Gasteiger partial charge in [0.05, 0.1) is 7.11 Å². The van der Waals surface area contributed by atoms with Crippen molar-refractivity contribution in [2.45, 2.75) is 58.3 Å². The summed E-state index contributed by atoms with van der Waals surface area (Å²) in [6, 6.07) is 0. The van der Waals surface area contributed by atoms with Gasteiger partial charge in [0.2, 0.25) is 0 Å². The quantitative estimate of drug-likeness (QED) is 0.329. The van der Waals surface area contributed by atoms with E-state index in [1.54, 1.807) is 0 Å². The third kappa shape index (κ3) is 11.1. The Morgan fingerprint density at radius 3 is 2.20 bits per heavy atom. The molecule has 0 heterocycles. The summed E-state index contributed by atoms with van der Waals surface area (Å²) in [5.41, 5.74) is 0. The predicted molar refractivity (Wildman–Crippen MR) is 63.8 cm³/mol. The minimum Gasteiger partial charge on any atom is -0.469 e. The van der Waals surface area contributed by atoms with Crippen molar-refractivity contribution in [3.63, 3.8) is 0 Å². The van der Waals surface area contributed by atoms with Crippen molar-refractivity contribution in [2.75, 3.05) is 7.11 Å². The van der Waals surface area contributed by atoms with Crippen LogP contribution in [0.5, 0.6) is 0 Å². The van der Waals surface area contributed by atoms with E-state index in [0.29, 0.717) is 6.42 Å². The van der Waals surface area contributed by atoms with Gasteiger partial charge in [-0.3, -0.25) is 4.79 Å². The number of unbranched alkanes of at least 4 members (excludes halogenated alkanes) is 5. The van der Waals surface area contributed by atoms with Crippen LogP contribution in [-0.4, -0.2) is 13.1 Å². The summed E-state index contributed by atoms with van der Waals surface area (Å²) in [6.45, 7) is 2.22. The standard InChI is InChI=1S/C13H24O2/c1-3-4-5-6-7-8-9-10-11-12-13(14)15-2/h7-8H,3-6,9-12H2,1-2H3. The van der Waals surface area contributed by atoms with Gasteiger partial charge in [0.1, 0.15) is 0 Å². The van der Waals surface area contributed by atoms with Gasteiger partial charge in [-0.25, -0.2) is 0 Å². The number of methoxy groups -OCH3 is 1. The number of hydrogen-bond acceptors (Lipinski definition) is 2. The second-order valence-electron chi connectivity index (χ2n) is 3.79. The molecule has 0 radical (unpaired) electrons. The topological polar surface area (TPSA) is 26.3 Å². The fourth-order valence-electron chi connectivity index (χ4n) is 1.38. The summed E-state index contributed by atoms with van der Waals surface area (Å²) in [5, 5.41) is 0. The molecule has 0 aromatic carbocycles. The molecular weight excluding hydrogens is 188 g/mol. The zero-order valence-corrected chi connectivity index (χ0v) is 10.1. The van der Waals surface area contributed by atoms with Gasteiger partial charge in [-0.05, 0) is 32.1 Å². The lowest BCUT2D eigenvalue weighted by atomic mass is 10.1. The van der Waals surface area contributed by atoms with E-state index in [9.17, 15) is 4.79 Å². The molecular formula is C13H24O2. The highest BCUT2D eigenvalue weighted by atomic mass is 16.5. The van der Waals surface area contributed by atoms with E-state index in [0.717, 1.165) is 19.3 Å². The van der Waals surface area contributed by atoms with Crippen LogP contribution in [0.1, 0.15) is 58.3 Å². The van der Waals surface area contributed by atoms with E-state index >= 15 is 0 Å². The molecule has 0 N–H and O–H groups in total. The lowest BCUT2D eigenvalue weighted by molar-refractivity contribution is -0.140. The Morgan fingerprint density at radius 2 is 1.67 bits per heavy atom. The van der Waals surface area contributed by atoms with Crippen molar-refractivity contribution in [3.8, 4) is 0 Å².